The van der Waals surface area contributed by atoms with Gasteiger partial charge in [-0.2, -0.15) is 0 Å². The van der Waals surface area contributed by atoms with Crippen molar-refractivity contribution in [2.24, 2.45) is 0 Å². The molecule has 1 heterocycles. The Kier molecular flexibility index (Phi) is 8.84. The van der Waals surface area contributed by atoms with E-state index in [0.717, 1.165) is 40.8 Å². The summed E-state index contributed by atoms with van der Waals surface area (Å²) < 4.78 is 5.61. The number of carboxylic acids is 1. The first kappa shape index (κ1) is 30.9. The molecule has 4 aromatic carbocycles. The minimum Gasteiger partial charge on any atom is -0.496 e. The van der Waals surface area contributed by atoms with Crippen molar-refractivity contribution >= 4 is 34.3 Å². The average Bonchev–Trinajstić information content (AvgIpc) is 3.43. The van der Waals surface area contributed by atoms with Crippen LogP contribution in [-0.4, -0.2) is 28.2 Å². The van der Waals surface area contributed by atoms with Crippen LogP contribution in [0.5, 0.6) is 5.75 Å². The normalized spacial score (nSPS) is 12.2. The van der Waals surface area contributed by atoms with Crippen LogP contribution in [0.3, 0.4) is 0 Å². The quantitative estimate of drug-likeness (QED) is 0.147. The molecule has 226 valence electrons. The first-order valence-electron chi connectivity index (χ1n) is 14.8. The van der Waals surface area contributed by atoms with E-state index in [9.17, 15) is 9.90 Å². The first-order chi connectivity index (χ1) is 21.0. The molecule has 0 saturated carbocycles. The Hall–Kier alpha value is -4.55. The summed E-state index contributed by atoms with van der Waals surface area (Å²) in [6.07, 6.45) is 1.79. The number of nitrogens with zero attached hydrogens (tertiary/aromatic N) is 1. The number of halogens is 1. The number of hydrogen-bond acceptors (Lipinski definition) is 4. The molecule has 6 nitrogen and oxygen atoms in total. The molecule has 5 rings (SSSR count). The fraction of sp³-hybridized carbons (Fsp3) is 0.243. The number of aromatic carboxylic acids is 1. The number of para-hydroxylation sites is 1. The summed E-state index contributed by atoms with van der Waals surface area (Å²) in [6, 6.07) is 24.9. The van der Waals surface area contributed by atoms with E-state index in [1.807, 2.05) is 48.5 Å². The van der Waals surface area contributed by atoms with Gasteiger partial charge < -0.3 is 20.1 Å². The molecular formula is C37H38ClN3O3. The predicted octanol–water partition coefficient (Wildman–Crippen LogP) is 9.66. The number of rotatable bonds is 10. The van der Waals surface area contributed by atoms with E-state index in [1.165, 1.54) is 5.56 Å². The lowest BCUT2D eigenvalue weighted by Gasteiger charge is -2.24. The fourth-order valence-corrected chi connectivity index (χ4v) is 5.71. The molecule has 5 aromatic rings. The van der Waals surface area contributed by atoms with Crippen LogP contribution in [0.2, 0.25) is 5.02 Å². The zero-order chi connectivity index (χ0) is 31.6. The zero-order valence-electron chi connectivity index (χ0n) is 25.8. The average molecular weight is 608 g/mol. The maximum Gasteiger partial charge on any atom is 0.336 e. The number of H-pyrrole nitrogens is 1. The first-order valence-corrected chi connectivity index (χ1v) is 15.1. The third-order valence-electron chi connectivity index (χ3n) is 7.91. The molecule has 0 bridgehead atoms. The third-order valence-corrected chi connectivity index (χ3v) is 8.15. The molecule has 1 unspecified atom stereocenters. The van der Waals surface area contributed by atoms with Crippen molar-refractivity contribution in [3.63, 3.8) is 0 Å². The molecular weight excluding hydrogens is 570 g/mol. The number of aromatic nitrogens is 2. The number of hydrogen-bond donors (Lipinski definition) is 3. The van der Waals surface area contributed by atoms with Crippen LogP contribution in [0, 0.1) is 0 Å². The third kappa shape index (κ3) is 6.36. The van der Waals surface area contributed by atoms with Gasteiger partial charge in [-0.1, -0.05) is 88.7 Å². The summed E-state index contributed by atoms with van der Waals surface area (Å²) >= 11 is 6.47. The maximum absolute atomic E-state index is 12.7. The van der Waals surface area contributed by atoms with Crippen molar-refractivity contribution < 1.29 is 14.6 Å². The minimum atomic E-state index is -1.05. The number of carbonyl (C=O) groups is 1. The second-order valence-electron chi connectivity index (χ2n) is 12.0. The van der Waals surface area contributed by atoms with Crippen LogP contribution >= 0.6 is 11.6 Å². The van der Waals surface area contributed by atoms with Crippen LogP contribution < -0.4 is 10.1 Å². The highest BCUT2D eigenvalue weighted by Gasteiger charge is 2.22. The molecule has 3 N–H and O–H groups in total. The second kappa shape index (κ2) is 12.6. The number of imidazole rings is 1. The van der Waals surface area contributed by atoms with Crippen LogP contribution in [-0.2, 0) is 5.41 Å². The van der Waals surface area contributed by atoms with Gasteiger partial charge in [-0.25, -0.2) is 9.78 Å². The summed E-state index contributed by atoms with van der Waals surface area (Å²) in [5.74, 6) is 0.389. The number of methoxy groups -OCH3 is 1. The molecule has 7 heteroatoms. The molecule has 0 amide bonds. The van der Waals surface area contributed by atoms with Gasteiger partial charge in [0.05, 0.1) is 29.7 Å². The van der Waals surface area contributed by atoms with Crippen molar-refractivity contribution in [3.05, 3.63) is 113 Å². The van der Waals surface area contributed by atoms with Gasteiger partial charge >= 0.3 is 5.97 Å². The van der Waals surface area contributed by atoms with Gasteiger partial charge in [0.2, 0.25) is 0 Å². The van der Waals surface area contributed by atoms with Crippen molar-refractivity contribution in [3.8, 4) is 28.3 Å². The Bertz CT molecular complexity index is 1850. The Morgan fingerprint density at radius 2 is 1.77 bits per heavy atom. The number of nitrogens with one attached hydrogen (secondary N) is 2. The maximum atomic E-state index is 12.7. The van der Waals surface area contributed by atoms with E-state index in [4.69, 9.17) is 21.3 Å². The lowest BCUT2D eigenvalue weighted by Crippen LogP contribution is -2.20. The van der Waals surface area contributed by atoms with E-state index in [0.29, 0.717) is 33.2 Å². The Balaban J connectivity index is 1.54. The van der Waals surface area contributed by atoms with Gasteiger partial charge in [0.1, 0.15) is 11.6 Å². The summed E-state index contributed by atoms with van der Waals surface area (Å²) in [6.45, 7) is 12.9. The standard InChI is InChI=1S/C37H38ClN3O3/c1-7-10-31(28-11-8-9-12-34(28)44-6)39-22(2)23-13-16-26(30(19-23)36(42)43)29-21-25(38)15-17-27(29)35-40-32-18-14-24(37(3,4)5)20-33(32)41-35/h8-9,11-21,31,39H,2,7,10H2,1,3-6H3,(H,40,41)(H,42,43). The van der Waals surface area contributed by atoms with Crippen molar-refractivity contribution in [1.29, 1.82) is 0 Å². The SMILES string of the molecule is C=C(NC(CCC)c1ccccc1OC)c1ccc(-c2cc(Cl)ccc2-c2nc3ccc(C(C)(C)C)cc3[nH]2)c(C(=O)O)c1. The molecule has 0 aliphatic heterocycles. The highest BCUT2D eigenvalue weighted by molar-refractivity contribution is 6.31. The fourth-order valence-electron chi connectivity index (χ4n) is 5.54. The molecule has 0 fully saturated rings. The molecule has 0 radical (unpaired) electrons. The Morgan fingerprint density at radius 3 is 2.48 bits per heavy atom. The molecule has 1 atom stereocenters. The number of benzene rings is 4. The monoisotopic (exact) mass is 607 g/mol. The van der Waals surface area contributed by atoms with Gasteiger partial charge in [-0.15, -0.1) is 0 Å². The Morgan fingerprint density at radius 1 is 1.02 bits per heavy atom. The highest BCUT2D eigenvalue weighted by Crippen LogP contribution is 2.38. The highest BCUT2D eigenvalue weighted by atomic mass is 35.5. The van der Waals surface area contributed by atoms with E-state index < -0.39 is 5.97 Å². The predicted molar refractivity (Wildman–Crippen MR) is 180 cm³/mol. The molecule has 0 spiro atoms. The van der Waals surface area contributed by atoms with Crippen LogP contribution in [0.1, 0.15) is 73.6 Å². The van der Waals surface area contributed by atoms with Crippen LogP contribution in [0.15, 0.2) is 85.4 Å². The molecule has 44 heavy (non-hydrogen) atoms. The molecule has 1 aromatic heterocycles. The van der Waals surface area contributed by atoms with Gasteiger partial charge in [0.25, 0.3) is 0 Å². The number of aromatic amines is 1. The summed E-state index contributed by atoms with van der Waals surface area (Å²) in [5, 5.41) is 14.4. The molecule has 0 saturated heterocycles. The van der Waals surface area contributed by atoms with Crippen LogP contribution in [0.4, 0.5) is 0 Å². The summed E-state index contributed by atoms with van der Waals surface area (Å²) in [4.78, 5) is 21.0. The smallest absolute Gasteiger partial charge is 0.336 e. The van der Waals surface area contributed by atoms with Gasteiger partial charge in [-0.3, -0.25) is 0 Å². The van der Waals surface area contributed by atoms with Crippen molar-refractivity contribution in [2.45, 2.75) is 52.0 Å². The molecule has 0 aliphatic rings. The van der Waals surface area contributed by atoms with Gasteiger partial charge in [0.15, 0.2) is 0 Å². The van der Waals surface area contributed by atoms with Gasteiger partial charge in [0, 0.05) is 21.8 Å². The lowest BCUT2D eigenvalue weighted by molar-refractivity contribution is 0.0697. The van der Waals surface area contributed by atoms with Gasteiger partial charge in [-0.05, 0) is 76.6 Å². The van der Waals surface area contributed by atoms with Crippen molar-refractivity contribution in [2.75, 3.05) is 7.11 Å². The summed E-state index contributed by atoms with van der Waals surface area (Å²) in [7, 11) is 1.66. The van der Waals surface area contributed by atoms with Crippen molar-refractivity contribution in [1.82, 2.24) is 15.3 Å². The summed E-state index contributed by atoms with van der Waals surface area (Å²) in [5.41, 5.74) is 7.39. The van der Waals surface area contributed by atoms with E-state index in [2.05, 4.69) is 56.7 Å². The number of carboxylic acid groups (broad SMARTS) is 1. The zero-order valence-corrected chi connectivity index (χ0v) is 26.5. The lowest BCUT2D eigenvalue weighted by atomic mass is 9.87. The van der Waals surface area contributed by atoms with E-state index >= 15 is 0 Å². The van der Waals surface area contributed by atoms with Crippen LogP contribution in [0.25, 0.3) is 39.2 Å². The number of ether oxygens (including phenoxy) is 1. The molecule has 0 aliphatic carbocycles. The topological polar surface area (TPSA) is 87.2 Å². The second-order valence-corrected chi connectivity index (χ2v) is 12.5. The van der Waals surface area contributed by atoms with E-state index in [-0.39, 0.29) is 17.0 Å². The Labute approximate surface area is 263 Å². The minimum absolute atomic E-state index is 0.00832. The van der Waals surface area contributed by atoms with E-state index in [1.54, 1.807) is 25.3 Å². The number of fused-ring (bicyclic) bond motifs is 1. The largest absolute Gasteiger partial charge is 0.496 e.